The Morgan fingerprint density at radius 3 is 2.75 bits per heavy atom. The highest BCUT2D eigenvalue weighted by atomic mass is 32.2. The van der Waals surface area contributed by atoms with E-state index in [1.54, 1.807) is 0 Å². The predicted octanol–water partition coefficient (Wildman–Crippen LogP) is 0.316. The number of likely N-dealkylation sites (N-methyl/N-ethyl adjacent to an activating group) is 1. The van der Waals surface area contributed by atoms with Gasteiger partial charge < -0.3 is 10.6 Å². The van der Waals surface area contributed by atoms with Crippen molar-refractivity contribution in [1.82, 2.24) is 15.0 Å². The second-order valence-electron chi connectivity index (χ2n) is 4.26. The van der Waals surface area contributed by atoms with Gasteiger partial charge in [0, 0.05) is 25.9 Å². The number of rotatable bonds is 7. The van der Waals surface area contributed by atoms with Crippen LogP contribution >= 0.6 is 0 Å². The van der Waals surface area contributed by atoms with Crippen molar-refractivity contribution >= 4 is 21.7 Å². The number of hydrogen-bond donors (Lipinski definition) is 3. The van der Waals surface area contributed by atoms with Crippen LogP contribution in [-0.4, -0.2) is 38.9 Å². The van der Waals surface area contributed by atoms with Gasteiger partial charge in [-0.15, -0.1) is 0 Å². The van der Waals surface area contributed by atoms with Gasteiger partial charge in [-0.2, -0.15) is 4.72 Å². The van der Waals surface area contributed by atoms with Gasteiger partial charge >= 0.3 is 0 Å². The molecule has 0 bridgehead atoms. The Morgan fingerprint density at radius 2 is 2.15 bits per heavy atom. The molecule has 3 N–H and O–H groups in total. The molecule has 0 saturated heterocycles. The fourth-order valence-electron chi connectivity index (χ4n) is 1.50. The average Bonchev–Trinajstić information content (AvgIpc) is 2.44. The smallest absolute Gasteiger partial charge is 0.241 e. The summed E-state index contributed by atoms with van der Waals surface area (Å²) in [5, 5.41) is 5.40. The van der Waals surface area contributed by atoms with Gasteiger partial charge in [-0.3, -0.25) is 4.79 Å². The van der Waals surface area contributed by atoms with E-state index >= 15 is 0 Å². The van der Waals surface area contributed by atoms with Crippen molar-refractivity contribution in [2.24, 2.45) is 0 Å². The highest BCUT2D eigenvalue weighted by Crippen LogP contribution is 2.13. The summed E-state index contributed by atoms with van der Waals surface area (Å²) in [7, 11) is -2.30. The number of amides is 1. The molecule has 0 aromatic carbocycles. The molecule has 1 atom stereocenters. The molecule has 1 amide bonds. The van der Waals surface area contributed by atoms with Gasteiger partial charge in [-0.25, -0.2) is 13.4 Å². The zero-order chi connectivity index (χ0) is 15.2. The number of nitrogens with one attached hydrogen (secondary N) is 3. The lowest BCUT2D eigenvalue weighted by molar-refractivity contribution is -0.121. The molecule has 0 saturated carbocycles. The minimum atomic E-state index is -3.75. The van der Waals surface area contributed by atoms with Crippen LogP contribution < -0.4 is 15.4 Å². The van der Waals surface area contributed by atoms with Crippen molar-refractivity contribution in [3.63, 3.8) is 0 Å². The maximum Gasteiger partial charge on any atom is 0.241 e. The van der Waals surface area contributed by atoms with E-state index in [2.05, 4.69) is 20.3 Å². The van der Waals surface area contributed by atoms with Crippen molar-refractivity contribution in [2.45, 2.75) is 31.2 Å². The van der Waals surface area contributed by atoms with Crippen LogP contribution in [0.5, 0.6) is 0 Å². The van der Waals surface area contributed by atoms with Gasteiger partial charge in [-0.05, 0) is 19.4 Å². The number of hydrogen-bond acceptors (Lipinski definition) is 5. The predicted molar refractivity (Wildman–Crippen MR) is 76.9 cm³/mol. The topological polar surface area (TPSA) is 100 Å². The van der Waals surface area contributed by atoms with E-state index in [1.165, 1.54) is 32.3 Å². The van der Waals surface area contributed by atoms with Crippen LogP contribution in [0.2, 0.25) is 0 Å². The number of pyridine rings is 1. The summed E-state index contributed by atoms with van der Waals surface area (Å²) in [6.45, 7) is 4.19. The Kier molecular flexibility index (Phi) is 5.90. The van der Waals surface area contributed by atoms with Gasteiger partial charge in [0.15, 0.2) is 0 Å². The quantitative estimate of drug-likeness (QED) is 0.673. The molecule has 1 aromatic heterocycles. The van der Waals surface area contributed by atoms with Gasteiger partial charge in [0.05, 0.1) is 10.9 Å². The monoisotopic (exact) mass is 300 g/mol. The van der Waals surface area contributed by atoms with E-state index < -0.39 is 22.0 Å². The Morgan fingerprint density at radius 1 is 1.45 bits per heavy atom. The first kappa shape index (κ1) is 16.4. The highest BCUT2D eigenvalue weighted by molar-refractivity contribution is 7.89. The number of carbonyl (C=O) groups excluding carboxylic acids is 1. The molecule has 8 heteroatoms. The van der Waals surface area contributed by atoms with Crippen LogP contribution in [0, 0.1) is 0 Å². The summed E-state index contributed by atoms with van der Waals surface area (Å²) < 4.78 is 26.6. The number of anilines is 1. The van der Waals surface area contributed by atoms with Crippen LogP contribution in [0.25, 0.3) is 0 Å². The zero-order valence-corrected chi connectivity index (χ0v) is 12.6. The van der Waals surface area contributed by atoms with Gasteiger partial charge in [0.2, 0.25) is 15.9 Å². The normalized spacial score (nSPS) is 12.8. The fraction of sp³-hybridized carbons (Fsp3) is 0.500. The second kappa shape index (κ2) is 7.20. The first-order valence-corrected chi connectivity index (χ1v) is 7.83. The molecule has 0 aliphatic rings. The third-order valence-corrected chi connectivity index (χ3v) is 4.11. The van der Waals surface area contributed by atoms with Crippen molar-refractivity contribution in [3.8, 4) is 0 Å². The molecule has 7 nitrogen and oxygen atoms in total. The molecule has 0 spiro atoms. The van der Waals surface area contributed by atoms with E-state index in [-0.39, 0.29) is 4.90 Å². The lowest BCUT2D eigenvalue weighted by Crippen LogP contribution is -2.43. The van der Waals surface area contributed by atoms with Crippen molar-refractivity contribution in [2.75, 3.05) is 18.9 Å². The Bertz CT molecular complexity index is 560. The number of nitrogens with zero attached hydrogens (tertiary/aromatic N) is 1. The first-order chi connectivity index (χ1) is 9.40. The van der Waals surface area contributed by atoms with Crippen LogP contribution in [0.3, 0.4) is 0 Å². The van der Waals surface area contributed by atoms with Gasteiger partial charge in [0.25, 0.3) is 0 Å². The summed E-state index contributed by atoms with van der Waals surface area (Å²) >= 11 is 0. The number of carbonyl (C=O) groups is 1. The van der Waals surface area contributed by atoms with Gasteiger partial charge in [-0.1, -0.05) is 6.92 Å². The summed E-state index contributed by atoms with van der Waals surface area (Å²) in [5.74, 6) is 0.0919. The molecular weight excluding hydrogens is 280 g/mol. The third kappa shape index (κ3) is 4.46. The van der Waals surface area contributed by atoms with Crippen molar-refractivity contribution in [1.29, 1.82) is 0 Å². The molecule has 1 heterocycles. The molecule has 0 aliphatic carbocycles. The fourth-order valence-corrected chi connectivity index (χ4v) is 2.71. The summed E-state index contributed by atoms with van der Waals surface area (Å²) in [6.07, 6.45) is 2.32. The average molecular weight is 300 g/mol. The van der Waals surface area contributed by atoms with Crippen LogP contribution in [-0.2, 0) is 14.8 Å². The van der Waals surface area contributed by atoms with Crippen LogP contribution in [0.1, 0.15) is 20.3 Å². The summed E-state index contributed by atoms with van der Waals surface area (Å²) in [4.78, 5) is 15.5. The first-order valence-electron chi connectivity index (χ1n) is 6.34. The van der Waals surface area contributed by atoms with Crippen molar-refractivity contribution in [3.05, 3.63) is 18.3 Å². The number of sulfonamides is 1. The molecule has 1 unspecified atom stereocenters. The molecule has 0 radical (unpaired) electrons. The highest BCUT2D eigenvalue weighted by Gasteiger charge is 2.21. The van der Waals surface area contributed by atoms with E-state index in [4.69, 9.17) is 0 Å². The number of aromatic nitrogens is 1. The Balaban J connectivity index is 2.89. The maximum atomic E-state index is 12.1. The van der Waals surface area contributed by atoms with E-state index in [0.29, 0.717) is 12.4 Å². The molecule has 112 valence electrons. The lowest BCUT2D eigenvalue weighted by atomic mass is 10.3. The van der Waals surface area contributed by atoms with Crippen LogP contribution in [0.15, 0.2) is 23.2 Å². The minimum absolute atomic E-state index is 0.0712. The standard InChI is InChI=1S/C12H20N4O3S/c1-4-6-14-11-8-10(5-7-15-11)20(18,19)16-9(2)12(17)13-3/h5,7-9,16H,4,6H2,1-3H3,(H,13,17)(H,14,15). The van der Waals surface area contributed by atoms with E-state index in [1.807, 2.05) is 6.92 Å². The SMILES string of the molecule is CCCNc1cc(S(=O)(=O)NC(C)C(=O)NC)ccn1. The zero-order valence-electron chi connectivity index (χ0n) is 11.8. The molecule has 20 heavy (non-hydrogen) atoms. The van der Waals surface area contributed by atoms with E-state index in [0.717, 1.165) is 6.42 Å². The van der Waals surface area contributed by atoms with E-state index in [9.17, 15) is 13.2 Å². The molecular formula is C12H20N4O3S. The van der Waals surface area contributed by atoms with Crippen molar-refractivity contribution < 1.29 is 13.2 Å². The van der Waals surface area contributed by atoms with Gasteiger partial charge in [0.1, 0.15) is 5.82 Å². The molecule has 0 aliphatic heterocycles. The maximum absolute atomic E-state index is 12.1. The second-order valence-corrected chi connectivity index (χ2v) is 5.97. The lowest BCUT2D eigenvalue weighted by Gasteiger charge is -2.13. The molecule has 1 rings (SSSR count). The molecule has 1 aromatic rings. The largest absolute Gasteiger partial charge is 0.370 e. The summed E-state index contributed by atoms with van der Waals surface area (Å²) in [5.41, 5.74) is 0. The Labute approximate surface area is 119 Å². The minimum Gasteiger partial charge on any atom is -0.370 e. The third-order valence-electron chi connectivity index (χ3n) is 2.57. The Hall–Kier alpha value is -1.67. The van der Waals surface area contributed by atoms with Crippen LogP contribution in [0.4, 0.5) is 5.82 Å². The summed E-state index contributed by atoms with van der Waals surface area (Å²) in [6, 6.07) is 1.98. The molecule has 0 fully saturated rings.